The van der Waals surface area contributed by atoms with Crippen molar-refractivity contribution in [3.05, 3.63) is 149 Å². The first-order chi connectivity index (χ1) is 63.0. The molecule has 9 atom stereocenters. The summed E-state index contributed by atoms with van der Waals surface area (Å²) in [5.41, 5.74) is 15.2. The molecule has 11 heterocycles. The standard InChI is InChI=1S/C96H127N17O17/c1-62-14-9-8-10-15-63(2)83(123-7)51-76-16-13-18-82(128-76)87(118)92(120)112-32-12-11-17-78(112)93(121)129-77(50-79(114)65(4)47-66(5)81(116)52-80(115)64(3)46-62)26-22-67-20-24-75(25-21-67)130-96(122)108(6)58-69-53-101-94(102-54-69)109-34-36-110(37-35-109)95-103-56-74(57-104-95)91(119)99-31-39-125-41-43-127-45-44-126-42-40-124-38-29-84(117)111-33-28-70-48-68(19-23-72(70)60-111)59-113-90-85(88(97)105-61-106-90)86(107-113)73-49-71-27-30-98-89(71)100-55-73/h8-10,14-15,19,23,27,30,47-49,53-57,61-62,64-65,67,75-78,81-83,116H,11-13,16-18,20-22,24-26,28-29,31-46,50-52,58-60H2,1-7H3,(H,98,100)(H,99,119)(H2,97,105,106)/b10-8+,14-9+,63-15+,66-47+/t62-,64-,65-,67-,75-,76?,77-,78+,81+,82?,83+/m1/s1. The van der Waals surface area contributed by atoms with Crippen molar-refractivity contribution in [2.75, 3.05) is 128 Å². The van der Waals surface area contributed by atoms with Crippen molar-refractivity contribution < 1.29 is 81.4 Å². The molecule has 1 aromatic carbocycles. The number of hydrogen-bond acceptors (Lipinski definition) is 28. The van der Waals surface area contributed by atoms with Gasteiger partial charge < -0.3 is 83.5 Å². The van der Waals surface area contributed by atoms with E-state index in [1.54, 1.807) is 52.7 Å². The van der Waals surface area contributed by atoms with Crippen LogP contribution in [0.15, 0.2) is 121 Å². The van der Waals surface area contributed by atoms with Gasteiger partial charge in [0.2, 0.25) is 23.6 Å². The molecule has 130 heavy (non-hydrogen) atoms. The van der Waals surface area contributed by atoms with Gasteiger partial charge in [0.25, 0.3) is 11.8 Å². The molecule has 2 unspecified atom stereocenters. The Bertz CT molecular complexity index is 5120. The molecule has 1 saturated carbocycles. The zero-order valence-electron chi connectivity index (χ0n) is 76.0. The molecule has 6 aromatic heterocycles. The van der Waals surface area contributed by atoms with E-state index in [9.17, 15) is 43.5 Å². The predicted molar refractivity (Wildman–Crippen MR) is 486 cm³/mol. The number of methoxy groups -OCH3 is 1. The minimum Gasteiger partial charge on any atom is -0.460 e. The van der Waals surface area contributed by atoms with Crippen LogP contribution in [0.3, 0.4) is 0 Å². The van der Waals surface area contributed by atoms with Crippen molar-refractivity contribution >= 4 is 86.9 Å². The van der Waals surface area contributed by atoms with Gasteiger partial charge >= 0.3 is 12.1 Å². The highest BCUT2D eigenvalue weighted by Gasteiger charge is 2.42. The number of piperidine rings is 1. The van der Waals surface area contributed by atoms with E-state index in [1.807, 2.05) is 84.0 Å². The molecule has 0 radical (unpaired) electrons. The van der Waals surface area contributed by atoms with Gasteiger partial charge in [-0.3, -0.25) is 28.8 Å². The topological polar surface area (TPSA) is 409 Å². The van der Waals surface area contributed by atoms with E-state index in [4.69, 9.17) is 48.7 Å². The Balaban J connectivity index is 0.473. The number of anilines is 3. The highest BCUT2D eigenvalue weighted by molar-refractivity contribution is 6.38. The number of esters is 1. The van der Waals surface area contributed by atoms with Crippen LogP contribution in [0, 0.1) is 23.7 Å². The molecule has 4 fully saturated rings. The summed E-state index contributed by atoms with van der Waals surface area (Å²) in [6, 6.07) is 9.30. The number of hydrogen-bond donors (Lipinski definition) is 4. The van der Waals surface area contributed by atoms with E-state index in [0.29, 0.717) is 215 Å². The maximum atomic E-state index is 14.5. The van der Waals surface area contributed by atoms with Crippen molar-refractivity contribution in [3.63, 3.8) is 0 Å². The van der Waals surface area contributed by atoms with E-state index < -0.39 is 54.0 Å². The number of amides is 4. The number of rotatable bonds is 28. The maximum absolute atomic E-state index is 14.5. The molecule has 7 aromatic rings. The van der Waals surface area contributed by atoms with E-state index in [1.165, 1.54) is 34.1 Å². The number of ether oxygens (including phenoxy) is 8. The van der Waals surface area contributed by atoms with E-state index in [2.05, 4.69) is 68.3 Å². The number of nitrogens with two attached hydrogens (primary N) is 1. The van der Waals surface area contributed by atoms with Gasteiger partial charge in [-0.05, 0) is 156 Å². The van der Waals surface area contributed by atoms with Crippen LogP contribution in [0.5, 0.6) is 0 Å². The third-order valence-electron chi connectivity index (χ3n) is 25.5. The van der Waals surface area contributed by atoms with Crippen molar-refractivity contribution in [1.29, 1.82) is 0 Å². The van der Waals surface area contributed by atoms with Gasteiger partial charge in [0.1, 0.15) is 59.4 Å². The number of ketones is 3. The second kappa shape index (κ2) is 47.6. The fourth-order valence-corrected chi connectivity index (χ4v) is 17.8. The Hall–Kier alpha value is -11.1. The van der Waals surface area contributed by atoms with Crippen LogP contribution in [0.1, 0.15) is 176 Å². The Morgan fingerprint density at radius 1 is 0.700 bits per heavy atom. The molecular formula is C96H127N17O17. The molecule has 6 aliphatic rings. The van der Waals surface area contributed by atoms with Crippen LogP contribution in [0.4, 0.5) is 22.5 Å². The number of nitrogen functional groups attached to an aromatic ring is 1. The Morgan fingerprint density at radius 3 is 2.15 bits per heavy atom. The van der Waals surface area contributed by atoms with Crippen LogP contribution in [0.2, 0.25) is 0 Å². The van der Waals surface area contributed by atoms with Crippen molar-refractivity contribution in [1.82, 2.24) is 69.7 Å². The summed E-state index contributed by atoms with van der Waals surface area (Å²) in [4.78, 5) is 154. The first-order valence-electron chi connectivity index (χ1n) is 46.1. The molecule has 1 aliphatic carbocycles. The van der Waals surface area contributed by atoms with Crippen LogP contribution in [-0.2, 0) is 92.7 Å². The van der Waals surface area contributed by atoms with Crippen molar-refractivity contribution in [2.24, 2.45) is 23.7 Å². The normalized spacial score (nSPS) is 24.7. The highest BCUT2D eigenvalue weighted by Crippen LogP contribution is 2.36. The predicted octanol–water partition coefficient (Wildman–Crippen LogP) is 10.4. The quantitative estimate of drug-likeness (QED) is 0.0153. The number of nitrogens with one attached hydrogen (secondary N) is 2. The van der Waals surface area contributed by atoms with Crippen LogP contribution in [-0.4, -0.2) is 272 Å². The molecule has 5 aliphatic heterocycles. The van der Waals surface area contributed by atoms with E-state index >= 15 is 0 Å². The molecule has 698 valence electrons. The molecular weight excluding hydrogens is 1660 g/mol. The number of piperazine rings is 1. The summed E-state index contributed by atoms with van der Waals surface area (Å²) in [5, 5.41) is 20.7. The SMILES string of the molecule is CO[C@H]1CC2CCCC(O2)C(=O)C(=O)N2CCCC[C@H]2C(=O)O[C@H](CC[C@H]2CC[C@H](OC(=O)N(C)Cc3cnc(N4CCN(c5ncc(C(=O)NCCOCCOCCOCCOCCC(=O)N6CCc7cc(Cn8nc(-c9cnc%10[nH]ccc%10c9)c9c(N)ncnc98)ccc7C6)cn5)CC4)nc3)CC2)CC(=O)[C@H](C)/C=C(\C)[C@@H](O)CC(=O)[C@H](C)C[C@H](C)/C=C/C=C/C=C/1C. The van der Waals surface area contributed by atoms with Crippen molar-refractivity contribution in [2.45, 2.75) is 212 Å². The molecule has 34 heteroatoms. The number of aromatic nitrogens is 10. The zero-order valence-corrected chi connectivity index (χ0v) is 76.0. The zero-order chi connectivity index (χ0) is 91.6. The number of carbonyl (C=O) groups excluding carboxylic acids is 8. The summed E-state index contributed by atoms with van der Waals surface area (Å²) >= 11 is 0. The van der Waals surface area contributed by atoms with Crippen LogP contribution >= 0.6 is 0 Å². The summed E-state index contributed by atoms with van der Waals surface area (Å²) in [6.45, 7) is 16.7. The number of H-pyrrole nitrogens is 1. The highest BCUT2D eigenvalue weighted by atomic mass is 16.6. The largest absolute Gasteiger partial charge is 0.460 e. The lowest BCUT2D eigenvalue weighted by molar-refractivity contribution is -0.167. The number of cyclic esters (lactones) is 1. The number of Topliss-reactive ketones (excluding diaryl/α,β-unsaturated/α-hetero) is 3. The number of benzene rings is 1. The maximum Gasteiger partial charge on any atom is 0.410 e. The Labute approximate surface area is 759 Å². The monoisotopic (exact) mass is 1790 g/mol. The minimum atomic E-state index is -1.09. The number of aliphatic hydroxyl groups excluding tert-OH is 1. The first kappa shape index (κ1) is 96.4. The number of aromatic amines is 1. The fourth-order valence-electron chi connectivity index (χ4n) is 17.8. The molecule has 5 N–H and O–H groups in total. The van der Waals surface area contributed by atoms with Gasteiger partial charge in [-0.2, -0.15) is 5.10 Å². The molecule has 4 amide bonds. The molecule has 34 nitrogen and oxygen atoms in total. The lowest BCUT2D eigenvalue weighted by Crippen LogP contribution is -2.54. The van der Waals surface area contributed by atoms with Gasteiger partial charge in [-0.25, -0.2) is 49.2 Å². The average Bonchev–Trinajstić information content (AvgIpc) is 1.61. The van der Waals surface area contributed by atoms with E-state index in [-0.39, 0.29) is 105 Å². The summed E-state index contributed by atoms with van der Waals surface area (Å²) in [7, 11) is 3.30. The van der Waals surface area contributed by atoms with E-state index in [0.717, 1.165) is 58.1 Å². The fraction of sp³-hybridized carbons (Fsp3) is 0.562. The molecule has 0 spiro atoms. The third-order valence-corrected chi connectivity index (χ3v) is 25.5. The summed E-state index contributed by atoms with van der Waals surface area (Å²) in [5.74, 6) is -2.08. The molecule has 3 saturated heterocycles. The van der Waals surface area contributed by atoms with Gasteiger partial charge in [-0.15, -0.1) is 0 Å². The first-order valence-corrected chi connectivity index (χ1v) is 46.1. The Kier molecular flexibility index (Phi) is 35.3. The number of aliphatic hydroxyl groups is 1. The lowest BCUT2D eigenvalue weighted by atomic mass is 9.83. The second-order valence-corrected chi connectivity index (χ2v) is 35.2. The van der Waals surface area contributed by atoms with Gasteiger partial charge in [0.05, 0.1) is 102 Å². The second-order valence-electron chi connectivity index (χ2n) is 35.2. The lowest BCUT2D eigenvalue weighted by Gasteiger charge is -2.36. The molecule has 2 bridgehead atoms. The van der Waals surface area contributed by atoms with Gasteiger partial charge in [0, 0.05) is 151 Å². The number of nitrogens with zero attached hydrogens (tertiary/aromatic N) is 14. The number of fused-ring (bicyclic) bond motifs is 6. The number of allylic oxidation sites excluding steroid dienone is 6. The van der Waals surface area contributed by atoms with Crippen LogP contribution < -0.4 is 20.9 Å². The summed E-state index contributed by atoms with van der Waals surface area (Å²) < 4.78 is 49.2. The third kappa shape index (κ3) is 26.8. The number of pyridine rings is 1. The Morgan fingerprint density at radius 2 is 1.42 bits per heavy atom. The van der Waals surface area contributed by atoms with Crippen molar-refractivity contribution in [3.8, 4) is 11.3 Å². The van der Waals surface area contributed by atoms with Gasteiger partial charge in [-0.1, -0.05) is 75.4 Å². The van der Waals surface area contributed by atoms with Crippen LogP contribution in [0.25, 0.3) is 33.3 Å². The van der Waals surface area contributed by atoms with Gasteiger partial charge in [0.15, 0.2) is 5.65 Å². The summed E-state index contributed by atoms with van der Waals surface area (Å²) in [6.07, 6.45) is 27.4. The number of carbonyl (C=O) groups is 8. The molecule has 13 rings (SSSR count). The average molecular weight is 1790 g/mol. The smallest absolute Gasteiger partial charge is 0.410 e. The minimum absolute atomic E-state index is 0.0425.